The molecule has 1 aliphatic rings. The zero-order chi connectivity index (χ0) is 12.5. The second-order valence-corrected chi connectivity index (χ2v) is 6.86. The van der Waals surface area contributed by atoms with Crippen LogP contribution in [0.5, 0.6) is 0 Å². The Labute approximate surface area is 106 Å². The molecule has 2 unspecified atom stereocenters. The molecule has 5 heteroatoms. The van der Waals surface area contributed by atoms with E-state index in [0.717, 1.165) is 0 Å². The van der Waals surface area contributed by atoms with Crippen LogP contribution in [-0.2, 0) is 9.84 Å². The van der Waals surface area contributed by atoms with Gasteiger partial charge in [-0.1, -0.05) is 18.2 Å². The molecular formula is C12H15ClO3S. The van der Waals surface area contributed by atoms with Crippen molar-refractivity contribution in [3.63, 3.8) is 0 Å². The number of aliphatic hydroxyl groups excluding tert-OH is 1. The fraction of sp³-hybridized carbons (Fsp3) is 0.500. The summed E-state index contributed by atoms with van der Waals surface area (Å²) in [4.78, 5) is 0.276. The van der Waals surface area contributed by atoms with Crippen LogP contribution in [0.15, 0.2) is 29.2 Å². The third-order valence-corrected chi connectivity index (χ3v) is 5.73. The fourth-order valence-electron chi connectivity index (χ4n) is 2.27. The summed E-state index contributed by atoms with van der Waals surface area (Å²) in [7, 11) is -3.31. The van der Waals surface area contributed by atoms with Crippen molar-refractivity contribution in [2.75, 3.05) is 5.88 Å². The van der Waals surface area contributed by atoms with Gasteiger partial charge in [-0.05, 0) is 30.9 Å². The van der Waals surface area contributed by atoms with Gasteiger partial charge in [-0.2, -0.15) is 0 Å². The molecule has 2 rings (SSSR count). The number of benzene rings is 1. The SMILES string of the molecule is O=S1(=O)c2ccccc2C(O)CC1CCCCl. The third kappa shape index (κ3) is 2.34. The minimum Gasteiger partial charge on any atom is -0.388 e. The van der Waals surface area contributed by atoms with Crippen LogP contribution < -0.4 is 0 Å². The lowest BCUT2D eigenvalue weighted by molar-refractivity contribution is 0.157. The van der Waals surface area contributed by atoms with E-state index in [0.29, 0.717) is 24.3 Å². The highest BCUT2D eigenvalue weighted by atomic mass is 35.5. The molecule has 1 aromatic carbocycles. The molecule has 0 fully saturated rings. The fourth-order valence-corrected chi connectivity index (χ4v) is 4.50. The van der Waals surface area contributed by atoms with Crippen molar-refractivity contribution in [3.05, 3.63) is 29.8 Å². The van der Waals surface area contributed by atoms with Crippen molar-refractivity contribution in [2.45, 2.75) is 35.5 Å². The van der Waals surface area contributed by atoms with Crippen LogP contribution in [0.3, 0.4) is 0 Å². The average Bonchev–Trinajstić information content (AvgIpc) is 2.32. The zero-order valence-corrected chi connectivity index (χ0v) is 10.9. The van der Waals surface area contributed by atoms with E-state index in [1.165, 1.54) is 0 Å². The molecule has 0 saturated heterocycles. The van der Waals surface area contributed by atoms with Gasteiger partial charge in [-0.3, -0.25) is 0 Å². The van der Waals surface area contributed by atoms with Crippen molar-refractivity contribution in [1.29, 1.82) is 0 Å². The summed E-state index contributed by atoms with van der Waals surface area (Å²) in [6.07, 6.45) is 0.753. The quantitative estimate of drug-likeness (QED) is 0.861. The molecule has 0 bridgehead atoms. The Morgan fingerprint density at radius 3 is 2.76 bits per heavy atom. The van der Waals surface area contributed by atoms with Gasteiger partial charge < -0.3 is 5.11 Å². The van der Waals surface area contributed by atoms with Gasteiger partial charge in [0.1, 0.15) is 0 Å². The standard InChI is InChI=1S/C12H15ClO3S/c13-7-3-4-9-8-11(14)10-5-1-2-6-12(10)17(9,15)16/h1-2,5-6,9,11,14H,3-4,7-8H2. The number of sulfone groups is 1. The van der Waals surface area contributed by atoms with Crippen LogP contribution >= 0.6 is 11.6 Å². The summed E-state index contributed by atoms with van der Waals surface area (Å²) in [6.45, 7) is 0. The summed E-state index contributed by atoms with van der Waals surface area (Å²) < 4.78 is 24.6. The van der Waals surface area contributed by atoms with Gasteiger partial charge in [0, 0.05) is 5.88 Å². The summed E-state index contributed by atoms with van der Waals surface area (Å²) in [5, 5.41) is 9.46. The Hall–Kier alpha value is -0.580. The molecule has 1 aliphatic heterocycles. The number of alkyl halides is 1. The summed E-state index contributed by atoms with van der Waals surface area (Å²) in [5.74, 6) is 0.448. The predicted octanol–water partition coefficient (Wildman–Crippen LogP) is 2.29. The molecule has 0 aliphatic carbocycles. The lowest BCUT2D eigenvalue weighted by atomic mass is 10.0. The number of fused-ring (bicyclic) bond motifs is 1. The van der Waals surface area contributed by atoms with Crippen molar-refractivity contribution in [1.82, 2.24) is 0 Å². The molecule has 1 aromatic rings. The normalized spacial score (nSPS) is 26.5. The molecule has 0 saturated carbocycles. The van der Waals surface area contributed by atoms with Gasteiger partial charge in [0.05, 0.1) is 16.2 Å². The first-order valence-electron chi connectivity index (χ1n) is 5.64. The largest absolute Gasteiger partial charge is 0.388 e. The zero-order valence-electron chi connectivity index (χ0n) is 9.34. The minimum absolute atomic E-state index is 0.274. The second kappa shape index (κ2) is 4.96. The maximum Gasteiger partial charge on any atom is 0.181 e. The first-order valence-corrected chi connectivity index (χ1v) is 7.72. The van der Waals surface area contributed by atoms with E-state index in [1.54, 1.807) is 24.3 Å². The van der Waals surface area contributed by atoms with Gasteiger partial charge in [-0.15, -0.1) is 11.6 Å². The third-order valence-electron chi connectivity index (χ3n) is 3.17. The number of halogens is 1. The van der Waals surface area contributed by atoms with Gasteiger partial charge in [-0.25, -0.2) is 8.42 Å². The number of aliphatic hydroxyl groups is 1. The average molecular weight is 275 g/mol. The highest BCUT2D eigenvalue weighted by molar-refractivity contribution is 7.92. The monoisotopic (exact) mass is 274 g/mol. The number of hydrogen-bond acceptors (Lipinski definition) is 3. The van der Waals surface area contributed by atoms with E-state index in [-0.39, 0.29) is 11.3 Å². The highest BCUT2D eigenvalue weighted by Crippen LogP contribution is 2.37. The van der Waals surface area contributed by atoms with Crippen molar-refractivity contribution in [2.24, 2.45) is 0 Å². The van der Waals surface area contributed by atoms with Crippen LogP contribution in [0.1, 0.15) is 30.9 Å². The van der Waals surface area contributed by atoms with Gasteiger partial charge in [0.15, 0.2) is 9.84 Å². The van der Waals surface area contributed by atoms with Crippen molar-refractivity contribution in [3.8, 4) is 0 Å². The lowest BCUT2D eigenvalue weighted by Gasteiger charge is -2.28. The predicted molar refractivity (Wildman–Crippen MR) is 66.9 cm³/mol. The molecule has 3 nitrogen and oxygen atoms in total. The van der Waals surface area contributed by atoms with Crippen LogP contribution in [0.2, 0.25) is 0 Å². The molecule has 2 atom stereocenters. The maximum atomic E-state index is 12.3. The van der Waals surface area contributed by atoms with Crippen LogP contribution in [-0.4, -0.2) is 24.7 Å². The van der Waals surface area contributed by atoms with E-state index in [4.69, 9.17) is 11.6 Å². The Morgan fingerprint density at radius 2 is 2.06 bits per heavy atom. The summed E-state index contributed by atoms with van der Waals surface area (Å²) in [6, 6.07) is 6.68. The topological polar surface area (TPSA) is 54.4 Å². The van der Waals surface area contributed by atoms with Gasteiger partial charge >= 0.3 is 0 Å². The first-order chi connectivity index (χ1) is 8.07. The number of hydrogen-bond donors (Lipinski definition) is 1. The molecule has 1 N–H and O–H groups in total. The van der Waals surface area contributed by atoms with E-state index < -0.39 is 21.2 Å². The molecule has 94 valence electrons. The highest BCUT2D eigenvalue weighted by Gasteiger charge is 2.37. The molecule has 0 aromatic heterocycles. The molecule has 1 heterocycles. The maximum absolute atomic E-state index is 12.3. The smallest absolute Gasteiger partial charge is 0.181 e. The Kier molecular flexibility index (Phi) is 3.76. The van der Waals surface area contributed by atoms with Crippen molar-refractivity contribution < 1.29 is 13.5 Å². The Morgan fingerprint density at radius 1 is 1.35 bits per heavy atom. The van der Waals surface area contributed by atoms with Gasteiger partial charge in [0.2, 0.25) is 0 Å². The molecular weight excluding hydrogens is 260 g/mol. The van der Waals surface area contributed by atoms with E-state index in [2.05, 4.69) is 0 Å². The Bertz CT molecular complexity index is 498. The van der Waals surface area contributed by atoms with Crippen LogP contribution in [0.25, 0.3) is 0 Å². The molecule has 17 heavy (non-hydrogen) atoms. The summed E-state index contributed by atoms with van der Waals surface area (Å²) >= 11 is 5.59. The van der Waals surface area contributed by atoms with E-state index >= 15 is 0 Å². The molecule has 0 spiro atoms. The summed E-state index contributed by atoms with van der Waals surface area (Å²) in [5.41, 5.74) is 0.523. The van der Waals surface area contributed by atoms with Crippen LogP contribution in [0, 0.1) is 0 Å². The minimum atomic E-state index is -3.31. The second-order valence-electron chi connectivity index (χ2n) is 4.29. The first kappa shape index (κ1) is 12.9. The molecule has 0 amide bonds. The van der Waals surface area contributed by atoms with Crippen LogP contribution in [0.4, 0.5) is 0 Å². The van der Waals surface area contributed by atoms with Gasteiger partial charge in [0.25, 0.3) is 0 Å². The molecule has 0 radical (unpaired) electrons. The number of rotatable bonds is 3. The van der Waals surface area contributed by atoms with Crippen molar-refractivity contribution >= 4 is 21.4 Å². The van der Waals surface area contributed by atoms with E-state index in [9.17, 15) is 13.5 Å². The van der Waals surface area contributed by atoms with E-state index in [1.807, 2.05) is 0 Å². The Balaban J connectivity index is 2.40. The lowest BCUT2D eigenvalue weighted by Crippen LogP contribution is -2.30.